The molecule has 5 heteroatoms. The van der Waals surface area contributed by atoms with Crippen LogP contribution in [0.4, 0.5) is 5.13 Å². The van der Waals surface area contributed by atoms with Crippen LogP contribution in [0, 0.1) is 0 Å². The average molecular weight is 173 g/mol. The van der Waals surface area contributed by atoms with Gasteiger partial charge in [0.1, 0.15) is 5.51 Å². The summed E-state index contributed by atoms with van der Waals surface area (Å²) in [6.45, 7) is 2.20. The fraction of sp³-hybridized carbons (Fsp3) is 0.667. The van der Waals surface area contributed by atoms with Gasteiger partial charge in [-0.3, -0.25) is 0 Å². The standard InChI is InChI=1S/C6H11N3OS/c1-5(2-3-10)8-6-9-7-4-11-6/h4-5,10H,2-3H2,1H3,(H,8,9). The van der Waals surface area contributed by atoms with Crippen molar-refractivity contribution in [3.63, 3.8) is 0 Å². The van der Waals surface area contributed by atoms with Gasteiger partial charge in [0.25, 0.3) is 0 Å². The van der Waals surface area contributed by atoms with Crippen molar-refractivity contribution < 1.29 is 5.11 Å². The lowest BCUT2D eigenvalue weighted by Gasteiger charge is -2.09. The Balaban J connectivity index is 2.31. The number of nitrogens with zero attached hydrogens (tertiary/aromatic N) is 2. The van der Waals surface area contributed by atoms with Gasteiger partial charge in [-0.2, -0.15) is 0 Å². The van der Waals surface area contributed by atoms with Gasteiger partial charge >= 0.3 is 0 Å². The molecule has 1 rings (SSSR count). The van der Waals surface area contributed by atoms with Crippen molar-refractivity contribution in [1.82, 2.24) is 10.2 Å². The number of rotatable bonds is 4. The Kier molecular flexibility index (Phi) is 3.25. The van der Waals surface area contributed by atoms with Crippen LogP contribution < -0.4 is 5.32 Å². The quantitative estimate of drug-likeness (QED) is 0.704. The zero-order valence-corrected chi connectivity index (χ0v) is 7.14. The summed E-state index contributed by atoms with van der Waals surface area (Å²) in [4.78, 5) is 0. The normalized spacial score (nSPS) is 12.9. The third kappa shape index (κ3) is 2.81. The molecule has 0 bridgehead atoms. The largest absolute Gasteiger partial charge is 0.396 e. The first-order chi connectivity index (χ1) is 5.33. The molecule has 1 unspecified atom stereocenters. The maximum Gasteiger partial charge on any atom is 0.205 e. The zero-order chi connectivity index (χ0) is 8.10. The lowest BCUT2D eigenvalue weighted by atomic mass is 10.2. The van der Waals surface area contributed by atoms with E-state index in [-0.39, 0.29) is 12.6 Å². The molecule has 1 aromatic heterocycles. The first-order valence-electron chi connectivity index (χ1n) is 3.46. The fourth-order valence-electron chi connectivity index (χ4n) is 0.713. The number of hydrogen-bond acceptors (Lipinski definition) is 5. The summed E-state index contributed by atoms with van der Waals surface area (Å²) in [5.41, 5.74) is 1.67. The summed E-state index contributed by atoms with van der Waals surface area (Å²) < 4.78 is 0. The highest BCUT2D eigenvalue weighted by Gasteiger charge is 2.01. The van der Waals surface area contributed by atoms with Gasteiger partial charge in [0.2, 0.25) is 5.13 Å². The van der Waals surface area contributed by atoms with Gasteiger partial charge < -0.3 is 10.4 Å². The van der Waals surface area contributed by atoms with E-state index in [1.54, 1.807) is 5.51 Å². The number of aromatic nitrogens is 2. The molecule has 62 valence electrons. The maximum atomic E-state index is 8.59. The average Bonchev–Trinajstić information content (AvgIpc) is 2.40. The lowest BCUT2D eigenvalue weighted by molar-refractivity contribution is 0.282. The van der Waals surface area contributed by atoms with E-state index in [9.17, 15) is 0 Å². The van der Waals surface area contributed by atoms with E-state index < -0.39 is 0 Å². The predicted octanol–water partition coefficient (Wildman–Crippen LogP) is 0.721. The van der Waals surface area contributed by atoms with Gasteiger partial charge in [0, 0.05) is 12.6 Å². The van der Waals surface area contributed by atoms with E-state index in [0.29, 0.717) is 0 Å². The van der Waals surface area contributed by atoms with Crippen LogP contribution in [0.3, 0.4) is 0 Å². The minimum absolute atomic E-state index is 0.201. The van der Waals surface area contributed by atoms with Crippen molar-refractivity contribution in [2.24, 2.45) is 0 Å². The monoisotopic (exact) mass is 173 g/mol. The third-order valence-corrected chi connectivity index (χ3v) is 1.91. The van der Waals surface area contributed by atoms with Gasteiger partial charge in [-0.1, -0.05) is 11.3 Å². The number of nitrogens with one attached hydrogen (secondary N) is 1. The molecule has 0 amide bonds. The van der Waals surface area contributed by atoms with Crippen LogP contribution in [0.1, 0.15) is 13.3 Å². The van der Waals surface area contributed by atoms with E-state index in [2.05, 4.69) is 15.5 Å². The minimum atomic E-state index is 0.201. The topological polar surface area (TPSA) is 58.0 Å². The van der Waals surface area contributed by atoms with Crippen LogP contribution in [0.15, 0.2) is 5.51 Å². The molecule has 0 saturated heterocycles. The highest BCUT2D eigenvalue weighted by atomic mass is 32.1. The van der Waals surface area contributed by atoms with E-state index in [1.807, 2.05) is 6.92 Å². The van der Waals surface area contributed by atoms with Crippen molar-refractivity contribution >= 4 is 16.5 Å². The molecule has 0 spiro atoms. The predicted molar refractivity (Wildman–Crippen MR) is 44.7 cm³/mol. The molecule has 2 N–H and O–H groups in total. The van der Waals surface area contributed by atoms with Crippen molar-refractivity contribution in [2.45, 2.75) is 19.4 Å². The maximum absolute atomic E-state index is 8.59. The van der Waals surface area contributed by atoms with Gasteiger partial charge in [-0.15, -0.1) is 10.2 Å². The zero-order valence-electron chi connectivity index (χ0n) is 6.32. The highest BCUT2D eigenvalue weighted by molar-refractivity contribution is 7.13. The van der Waals surface area contributed by atoms with Gasteiger partial charge in [0.15, 0.2) is 0 Å². The van der Waals surface area contributed by atoms with Crippen LogP contribution in [0.5, 0.6) is 0 Å². The van der Waals surface area contributed by atoms with Crippen LogP contribution in [0.2, 0.25) is 0 Å². The van der Waals surface area contributed by atoms with Crippen molar-refractivity contribution in [2.75, 3.05) is 11.9 Å². The molecule has 1 heterocycles. The smallest absolute Gasteiger partial charge is 0.205 e. The highest BCUT2D eigenvalue weighted by Crippen LogP contribution is 2.10. The molecule has 0 aliphatic carbocycles. The molecular weight excluding hydrogens is 162 g/mol. The summed E-state index contributed by atoms with van der Waals surface area (Å²) in [6.07, 6.45) is 0.736. The molecular formula is C6H11N3OS. The molecule has 0 fully saturated rings. The summed E-state index contributed by atoms with van der Waals surface area (Å²) >= 11 is 1.46. The van der Waals surface area contributed by atoms with Crippen molar-refractivity contribution in [1.29, 1.82) is 0 Å². The number of hydrogen-bond donors (Lipinski definition) is 2. The van der Waals surface area contributed by atoms with Crippen molar-refractivity contribution in [3.05, 3.63) is 5.51 Å². The first-order valence-corrected chi connectivity index (χ1v) is 4.34. The molecule has 0 aromatic carbocycles. The third-order valence-electron chi connectivity index (χ3n) is 1.29. The lowest BCUT2D eigenvalue weighted by Crippen LogP contribution is -2.16. The Morgan fingerprint density at radius 1 is 1.82 bits per heavy atom. The second-order valence-corrected chi connectivity index (χ2v) is 3.13. The number of aliphatic hydroxyl groups excluding tert-OH is 1. The van der Waals surface area contributed by atoms with Crippen LogP contribution in [0.25, 0.3) is 0 Å². The van der Waals surface area contributed by atoms with Crippen LogP contribution in [-0.4, -0.2) is 28.0 Å². The van der Waals surface area contributed by atoms with Gasteiger partial charge in [-0.25, -0.2) is 0 Å². The molecule has 11 heavy (non-hydrogen) atoms. The Morgan fingerprint density at radius 3 is 3.18 bits per heavy atom. The molecule has 0 aliphatic heterocycles. The summed E-state index contributed by atoms with van der Waals surface area (Å²) in [6, 6.07) is 0.257. The van der Waals surface area contributed by atoms with E-state index in [0.717, 1.165) is 11.6 Å². The van der Waals surface area contributed by atoms with E-state index >= 15 is 0 Å². The Morgan fingerprint density at radius 2 is 2.64 bits per heavy atom. The Hall–Kier alpha value is -0.680. The molecule has 0 radical (unpaired) electrons. The minimum Gasteiger partial charge on any atom is -0.396 e. The summed E-state index contributed by atoms with van der Waals surface area (Å²) in [5.74, 6) is 0. The fourth-order valence-corrected chi connectivity index (χ4v) is 1.27. The second-order valence-electron chi connectivity index (χ2n) is 2.30. The van der Waals surface area contributed by atoms with Crippen LogP contribution >= 0.6 is 11.3 Å². The number of aliphatic hydroxyl groups is 1. The molecule has 1 atom stereocenters. The SMILES string of the molecule is CC(CCO)Nc1nncs1. The molecule has 4 nitrogen and oxygen atoms in total. The van der Waals surface area contributed by atoms with Gasteiger partial charge in [0.05, 0.1) is 0 Å². The van der Waals surface area contributed by atoms with E-state index in [1.165, 1.54) is 11.3 Å². The molecule has 0 saturated carbocycles. The number of anilines is 1. The Labute approximate surface area is 69.3 Å². The van der Waals surface area contributed by atoms with E-state index in [4.69, 9.17) is 5.11 Å². The first kappa shape index (κ1) is 8.42. The van der Waals surface area contributed by atoms with Crippen molar-refractivity contribution in [3.8, 4) is 0 Å². The van der Waals surface area contributed by atoms with Gasteiger partial charge in [-0.05, 0) is 13.3 Å². The Bertz CT molecular complexity index is 190. The molecule has 1 aromatic rings. The summed E-state index contributed by atoms with van der Waals surface area (Å²) in [5, 5.41) is 20.0. The second kappa shape index (κ2) is 4.25. The molecule has 0 aliphatic rings. The van der Waals surface area contributed by atoms with Crippen LogP contribution in [-0.2, 0) is 0 Å². The summed E-state index contributed by atoms with van der Waals surface area (Å²) in [7, 11) is 0.